The van der Waals surface area contributed by atoms with Crippen LogP contribution in [-0.4, -0.2) is 47.6 Å². The predicted octanol–water partition coefficient (Wildman–Crippen LogP) is 1.74. The van der Waals surface area contributed by atoms with Crippen molar-refractivity contribution in [3.05, 3.63) is 11.6 Å². The summed E-state index contributed by atoms with van der Waals surface area (Å²) < 4.78 is 16.4. The average molecular weight is 340 g/mol. The number of methoxy groups -OCH3 is 1. The summed E-state index contributed by atoms with van der Waals surface area (Å²) in [7, 11) is 1.46. The molecule has 6 heteroatoms. The zero-order valence-corrected chi connectivity index (χ0v) is 15.0. The van der Waals surface area contributed by atoms with E-state index in [0.717, 1.165) is 19.3 Å². The van der Waals surface area contributed by atoms with E-state index in [1.54, 1.807) is 6.08 Å². The highest BCUT2D eigenvalue weighted by atomic mass is 16.7. The number of aliphatic hydroxyl groups excluding tert-OH is 1. The molecule has 6 atom stereocenters. The number of hydrogen-bond acceptors (Lipinski definition) is 6. The lowest BCUT2D eigenvalue weighted by Crippen LogP contribution is -2.66. The highest BCUT2D eigenvalue weighted by molar-refractivity contribution is 5.66. The maximum atomic E-state index is 11.7. The molecular formula is C18H28O6. The lowest BCUT2D eigenvalue weighted by atomic mass is 9.46. The number of esters is 1. The fraction of sp³-hybridized carbons (Fsp3) is 0.833. The lowest BCUT2D eigenvalue weighted by Gasteiger charge is -2.60. The summed E-state index contributed by atoms with van der Waals surface area (Å²) in [4.78, 5) is 11.6. The van der Waals surface area contributed by atoms with E-state index in [4.69, 9.17) is 14.2 Å². The van der Waals surface area contributed by atoms with Crippen molar-refractivity contribution in [2.45, 2.75) is 71.2 Å². The molecule has 1 saturated heterocycles. The van der Waals surface area contributed by atoms with E-state index in [0.29, 0.717) is 5.57 Å². The van der Waals surface area contributed by atoms with E-state index in [2.05, 4.69) is 13.8 Å². The van der Waals surface area contributed by atoms with Gasteiger partial charge >= 0.3 is 5.97 Å². The van der Waals surface area contributed by atoms with Crippen LogP contribution in [0.15, 0.2) is 11.6 Å². The fourth-order valence-electron chi connectivity index (χ4n) is 5.53. The summed E-state index contributed by atoms with van der Waals surface area (Å²) >= 11 is 0. The van der Waals surface area contributed by atoms with E-state index in [1.807, 2.05) is 6.92 Å². The standard InChI is InChI=1S/C18H28O6/c1-10(19)23-12-9-11-14(20)24-15(22-5)18(11,21)17(4)8-6-7-16(2,3)13(12)17/h9,12-15,20-21H,6-8H2,1-5H3/t12-,13?,14-,15-,17+,18+/m1/s1. The molecule has 0 bridgehead atoms. The van der Waals surface area contributed by atoms with E-state index >= 15 is 0 Å². The van der Waals surface area contributed by atoms with Crippen molar-refractivity contribution in [3.8, 4) is 0 Å². The number of carbonyl (C=O) groups is 1. The Balaban J connectivity index is 2.19. The number of ether oxygens (including phenoxy) is 3. The minimum Gasteiger partial charge on any atom is -0.458 e. The van der Waals surface area contributed by atoms with Crippen LogP contribution in [0.4, 0.5) is 0 Å². The molecule has 1 saturated carbocycles. The monoisotopic (exact) mass is 340 g/mol. The Morgan fingerprint density at radius 3 is 2.58 bits per heavy atom. The van der Waals surface area contributed by atoms with E-state index in [9.17, 15) is 15.0 Å². The molecule has 24 heavy (non-hydrogen) atoms. The van der Waals surface area contributed by atoms with Crippen molar-refractivity contribution in [3.63, 3.8) is 0 Å². The van der Waals surface area contributed by atoms with Crippen LogP contribution in [0.3, 0.4) is 0 Å². The van der Waals surface area contributed by atoms with Crippen molar-refractivity contribution < 1.29 is 29.2 Å². The zero-order chi connectivity index (χ0) is 17.9. The SMILES string of the molecule is CO[C@@H]1O[C@@H](O)C2=C[C@@H](OC(C)=O)C3C(C)(C)CCC[C@]3(C)[C@]21O. The summed E-state index contributed by atoms with van der Waals surface area (Å²) in [5.41, 5.74) is -1.88. The van der Waals surface area contributed by atoms with Crippen molar-refractivity contribution in [1.29, 1.82) is 0 Å². The molecule has 1 heterocycles. The Morgan fingerprint density at radius 1 is 1.33 bits per heavy atom. The van der Waals surface area contributed by atoms with Gasteiger partial charge in [0, 0.05) is 30.9 Å². The molecule has 136 valence electrons. The van der Waals surface area contributed by atoms with Crippen molar-refractivity contribution in [2.24, 2.45) is 16.7 Å². The highest BCUT2D eigenvalue weighted by Gasteiger charge is 2.70. The van der Waals surface area contributed by atoms with Crippen LogP contribution >= 0.6 is 0 Å². The first-order valence-electron chi connectivity index (χ1n) is 8.56. The second-order valence-electron chi connectivity index (χ2n) is 8.26. The summed E-state index contributed by atoms with van der Waals surface area (Å²) in [6.07, 6.45) is 1.61. The first-order valence-corrected chi connectivity index (χ1v) is 8.56. The third-order valence-electron chi connectivity index (χ3n) is 6.40. The van der Waals surface area contributed by atoms with Crippen LogP contribution in [0.1, 0.15) is 47.0 Å². The second kappa shape index (κ2) is 5.53. The largest absolute Gasteiger partial charge is 0.458 e. The third kappa shape index (κ3) is 2.20. The molecule has 2 aliphatic carbocycles. The Morgan fingerprint density at radius 2 is 2.00 bits per heavy atom. The molecule has 0 aromatic heterocycles. The number of fused-ring (bicyclic) bond motifs is 3. The van der Waals surface area contributed by atoms with Gasteiger partial charge in [0.05, 0.1) is 0 Å². The molecule has 3 rings (SSSR count). The first-order chi connectivity index (χ1) is 11.1. The van der Waals surface area contributed by atoms with Gasteiger partial charge in [-0.2, -0.15) is 0 Å². The quantitative estimate of drug-likeness (QED) is 0.588. The molecule has 0 spiro atoms. The Kier molecular flexibility index (Phi) is 4.11. The van der Waals surface area contributed by atoms with Gasteiger partial charge in [-0.3, -0.25) is 4.79 Å². The molecule has 2 fully saturated rings. The molecule has 0 radical (unpaired) electrons. The molecule has 3 aliphatic rings. The zero-order valence-electron chi connectivity index (χ0n) is 15.0. The maximum Gasteiger partial charge on any atom is 0.303 e. The van der Waals surface area contributed by atoms with Gasteiger partial charge in [-0.1, -0.05) is 27.2 Å². The lowest BCUT2D eigenvalue weighted by molar-refractivity contribution is -0.264. The van der Waals surface area contributed by atoms with Gasteiger partial charge in [0.2, 0.25) is 0 Å². The minimum absolute atomic E-state index is 0.108. The minimum atomic E-state index is -1.44. The van der Waals surface area contributed by atoms with Crippen LogP contribution < -0.4 is 0 Å². The van der Waals surface area contributed by atoms with Crippen molar-refractivity contribution >= 4 is 5.97 Å². The Labute approximate surface area is 142 Å². The van der Waals surface area contributed by atoms with Crippen molar-refractivity contribution in [1.82, 2.24) is 0 Å². The highest BCUT2D eigenvalue weighted by Crippen LogP contribution is 2.64. The number of hydrogen-bond donors (Lipinski definition) is 2. The number of carbonyl (C=O) groups excluding carboxylic acids is 1. The molecule has 0 amide bonds. The summed E-state index contributed by atoms with van der Waals surface area (Å²) in [5, 5.41) is 22.0. The summed E-state index contributed by atoms with van der Waals surface area (Å²) in [6, 6.07) is 0. The van der Waals surface area contributed by atoms with Crippen LogP contribution in [0.25, 0.3) is 0 Å². The van der Waals surface area contributed by atoms with Gasteiger partial charge in [-0.15, -0.1) is 0 Å². The average Bonchev–Trinajstić information content (AvgIpc) is 2.70. The Bertz CT molecular complexity index is 570. The van der Waals surface area contributed by atoms with Crippen LogP contribution in [0, 0.1) is 16.7 Å². The molecular weight excluding hydrogens is 312 g/mol. The smallest absolute Gasteiger partial charge is 0.303 e. The van der Waals surface area contributed by atoms with Gasteiger partial charge < -0.3 is 24.4 Å². The molecule has 1 unspecified atom stereocenters. The molecule has 0 aromatic rings. The fourth-order valence-corrected chi connectivity index (χ4v) is 5.53. The second-order valence-corrected chi connectivity index (χ2v) is 8.26. The first kappa shape index (κ1) is 17.9. The maximum absolute atomic E-state index is 11.7. The summed E-state index contributed by atoms with van der Waals surface area (Å²) in [5.74, 6) is -0.481. The normalized spacial score (nSPS) is 46.7. The van der Waals surface area contributed by atoms with Crippen LogP contribution in [0.5, 0.6) is 0 Å². The van der Waals surface area contributed by atoms with E-state index in [1.165, 1.54) is 14.0 Å². The Hall–Kier alpha value is -0.950. The van der Waals surface area contributed by atoms with E-state index in [-0.39, 0.29) is 17.3 Å². The van der Waals surface area contributed by atoms with Crippen LogP contribution in [-0.2, 0) is 19.0 Å². The van der Waals surface area contributed by atoms with Gasteiger partial charge in [-0.05, 0) is 24.3 Å². The predicted molar refractivity (Wildman–Crippen MR) is 85.7 cm³/mol. The molecule has 2 N–H and O–H groups in total. The molecule has 0 aromatic carbocycles. The van der Waals surface area contributed by atoms with Crippen molar-refractivity contribution in [2.75, 3.05) is 7.11 Å². The van der Waals surface area contributed by atoms with Gasteiger partial charge in [0.15, 0.2) is 12.6 Å². The van der Waals surface area contributed by atoms with E-state index < -0.39 is 29.7 Å². The summed E-state index contributed by atoms with van der Waals surface area (Å²) in [6.45, 7) is 7.66. The molecule has 1 aliphatic heterocycles. The number of rotatable bonds is 2. The van der Waals surface area contributed by atoms with Gasteiger partial charge in [0.25, 0.3) is 0 Å². The topological polar surface area (TPSA) is 85.2 Å². The third-order valence-corrected chi connectivity index (χ3v) is 6.40. The number of aliphatic hydroxyl groups is 2. The molecule has 6 nitrogen and oxygen atoms in total. The van der Waals surface area contributed by atoms with Crippen LogP contribution in [0.2, 0.25) is 0 Å². The van der Waals surface area contributed by atoms with Gasteiger partial charge in [-0.25, -0.2) is 0 Å². The van der Waals surface area contributed by atoms with Gasteiger partial charge in [0.1, 0.15) is 11.7 Å².